The standard InChI is InChI=1S/C13H17ClN2O3S/c1-2-16(10-5-6-20(18,19)8-10)13(17)11-7-9(14)3-4-12(11)15/h3-4,7,10H,2,5-6,8,15H2,1H3. The van der Waals surface area contributed by atoms with Crippen molar-refractivity contribution < 1.29 is 13.2 Å². The molecule has 0 bridgehead atoms. The van der Waals surface area contributed by atoms with Gasteiger partial charge in [0.2, 0.25) is 0 Å². The van der Waals surface area contributed by atoms with Crippen molar-refractivity contribution in [1.82, 2.24) is 4.90 Å². The molecule has 1 saturated heterocycles. The van der Waals surface area contributed by atoms with E-state index in [0.29, 0.717) is 29.2 Å². The lowest BCUT2D eigenvalue weighted by atomic mass is 10.1. The Labute approximate surface area is 123 Å². The molecule has 1 aromatic rings. The van der Waals surface area contributed by atoms with Gasteiger partial charge in [0.1, 0.15) is 0 Å². The lowest BCUT2D eigenvalue weighted by Gasteiger charge is -2.27. The molecule has 1 fully saturated rings. The monoisotopic (exact) mass is 316 g/mol. The zero-order valence-electron chi connectivity index (χ0n) is 11.2. The van der Waals surface area contributed by atoms with Crippen molar-refractivity contribution >= 4 is 33.0 Å². The van der Waals surface area contributed by atoms with E-state index in [2.05, 4.69) is 0 Å². The zero-order valence-corrected chi connectivity index (χ0v) is 12.7. The summed E-state index contributed by atoms with van der Waals surface area (Å²) in [7, 11) is -3.04. The fourth-order valence-corrected chi connectivity index (χ4v) is 4.36. The number of nitrogen functional groups attached to an aromatic ring is 1. The van der Waals surface area contributed by atoms with Crippen LogP contribution in [-0.4, -0.2) is 43.3 Å². The van der Waals surface area contributed by atoms with Crippen molar-refractivity contribution in [2.45, 2.75) is 19.4 Å². The van der Waals surface area contributed by atoms with E-state index in [1.807, 2.05) is 6.92 Å². The molecule has 1 atom stereocenters. The molecule has 5 nitrogen and oxygen atoms in total. The van der Waals surface area contributed by atoms with Gasteiger partial charge in [-0.15, -0.1) is 0 Å². The van der Waals surface area contributed by atoms with Gasteiger partial charge in [-0.3, -0.25) is 4.79 Å². The number of carbonyl (C=O) groups excluding carboxylic acids is 1. The van der Waals surface area contributed by atoms with Crippen LogP contribution in [0.3, 0.4) is 0 Å². The summed E-state index contributed by atoms with van der Waals surface area (Å²) >= 11 is 5.89. The third-order valence-electron chi connectivity index (χ3n) is 3.50. The second-order valence-corrected chi connectivity index (χ2v) is 7.54. The molecular formula is C13H17ClN2O3S. The highest BCUT2D eigenvalue weighted by Gasteiger charge is 2.34. The Morgan fingerprint density at radius 1 is 1.50 bits per heavy atom. The molecule has 110 valence electrons. The maximum atomic E-state index is 12.5. The van der Waals surface area contributed by atoms with Gasteiger partial charge in [0.05, 0.1) is 17.1 Å². The number of halogens is 1. The predicted molar refractivity (Wildman–Crippen MR) is 79.6 cm³/mol. The van der Waals surface area contributed by atoms with Crippen LogP contribution in [0.2, 0.25) is 5.02 Å². The number of anilines is 1. The Kier molecular flexibility index (Phi) is 4.25. The maximum absolute atomic E-state index is 12.5. The maximum Gasteiger partial charge on any atom is 0.256 e. The number of amides is 1. The fourth-order valence-electron chi connectivity index (χ4n) is 2.46. The second-order valence-electron chi connectivity index (χ2n) is 4.88. The number of nitrogens with two attached hydrogens (primary N) is 1. The summed E-state index contributed by atoms with van der Waals surface area (Å²) in [6.07, 6.45) is 0.475. The van der Waals surface area contributed by atoms with Crippen LogP contribution in [0.5, 0.6) is 0 Å². The Morgan fingerprint density at radius 2 is 2.20 bits per heavy atom. The van der Waals surface area contributed by atoms with E-state index in [1.54, 1.807) is 17.0 Å². The van der Waals surface area contributed by atoms with Gasteiger partial charge in [0, 0.05) is 23.3 Å². The molecule has 1 aromatic carbocycles. The van der Waals surface area contributed by atoms with Crippen LogP contribution < -0.4 is 5.73 Å². The van der Waals surface area contributed by atoms with Gasteiger partial charge in [-0.1, -0.05) is 11.6 Å². The first-order valence-corrected chi connectivity index (χ1v) is 8.60. The first kappa shape index (κ1) is 15.1. The highest BCUT2D eigenvalue weighted by Crippen LogP contribution is 2.24. The summed E-state index contributed by atoms with van der Waals surface area (Å²) in [4.78, 5) is 14.1. The van der Waals surface area contributed by atoms with E-state index >= 15 is 0 Å². The van der Waals surface area contributed by atoms with E-state index < -0.39 is 9.84 Å². The molecule has 1 amide bonds. The lowest BCUT2D eigenvalue weighted by Crippen LogP contribution is -2.41. The van der Waals surface area contributed by atoms with Crippen LogP contribution in [0.15, 0.2) is 18.2 Å². The number of carbonyl (C=O) groups is 1. The van der Waals surface area contributed by atoms with Gasteiger partial charge in [0.15, 0.2) is 9.84 Å². The summed E-state index contributed by atoms with van der Waals surface area (Å²) in [6.45, 7) is 2.26. The molecular weight excluding hydrogens is 300 g/mol. The molecule has 7 heteroatoms. The third kappa shape index (κ3) is 3.07. The summed E-state index contributed by atoms with van der Waals surface area (Å²) < 4.78 is 23.1. The SMILES string of the molecule is CCN(C(=O)c1cc(Cl)ccc1N)C1CCS(=O)(=O)C1. The summed E-state index contributed by atoms with van der Waals surface area (Å²) in [5, 5.41) is 0.428. The topological polar surface area (TPSA) is 80.5 Å². The van der Waals surface area contributed by atoms with Crippen LogP contribution in [-0.2, 0) is 9.84 Å². The Hall–Kier alpha value is -1.27. The van der Waals surface area contributed by atoms with Crippen LogP contribution in [0, 0.1) is 0 Å². The van der Waals surface area contributed by atoms with Crippen LogP contribution >= 0.6 is 11.6 Å². The second kappa shape index (κ2) is 5.61. The van der Waals surface area contributed by atoms with Crippen molar-refractivity contribution in [3.8, 4) is 0 Å². The Bertz CT molecular complexity index is 631. The average molecular weight is 317 g/mol. The van der Waals surface area contributed by atoms with Crippen molar-refractivity contribution in [3.05, 3.63) is 28.8 Å². The van der Waals surface area contributed by atoms with Gasteiger partial charge >= 0.3 is 0 Å². The molecule has 1 aliphatic rings. The smallest absolute Gasteiger partial charge is 0.256 e. The highest BCUT2D eigenvalue weighted by molar-refractivity contribution is 7.91. The van der Waals surface area contributed by atoms with Crippen molar-refractivity contribution in [2.24, 2.45) is 0 Å². The van der Waals surface area contributed by atoms with Crippen molar-refractivity contribution in [1.29, 1.82) is 0 Å². The minimum absolute atomic E-state index is 0.0209. The molecule has 2 rings (SSSR count). The minimum Gasteiger partial charge on any atom is -0.398 e. The Balaban J connectivity index is 2.28. The van der Waals surface area contributed by atoms with Crippen LogP contribution in [0.4, 0.5) is 5.69 Å². The largest absolute Gasteiger partial charge is 0.398 e. The normalized spacial score (nSPS) is 20.8. The molecule has 0 aromatic heterocycles. The fraction of sp³-hybridized carbons (Fsp3) is 0.462. The number of rotatable bonds is 3. The molecule has 0 radical (unpaired) electrons. The number of hydrogen-bond acceptors (Lipinski definition) is 4. The third-order valence-corrected chi connectivity index (χ3v) is 5.48. The number of sulfone groups is 1. The van der Waals surface area contributed by atoms with Crippen molar-refractivity contribution in [3.63, 3.8) is 0 Å². The first-order valence-electron chi connectivity index (χ1n) is 6.40. The van der Waals surface area contributed by atoms with Crippen LogP contribution in [0.1, 0.15) is 23.7 Å². The minimum atomic E-state index is -3.04. The van der Waals surface area contributed by atoms with Gasteiger partial charge in [-0.2, -0.15) is 0 Å². The summed E-state index contributed by atoms with van der Waals surface area (Å²) in [5.74, 6) is -0.117. The first-order chi connectivity index (χ1) is 9.34. The molecule has 2 N–H and O–H groups in total. The molecule has 0 spiro atoms. The number of benzene rings is 1. The van der Waals surface area contributed by atoms with E-state index in [-0.39, 0.29) is 23.5 Å². The lowest BCUT2D eigenvalue weighted by molar-refractivity contribution is 0.0709. The molecule has 1 heterocycles. The number of hydrogen-bond donors (Lipinski definition) is 1. The van der Waals surface area contributed by atoms with E-state index in [0.717, 1.165) is 0 Å². The van der Waals surface area contributed by atoms with E-state index in [1.165, 1.54) is 6.07 Å². The summed E-state index contributed by atoms with van der Waals surface area (Å²) in [6, 6.07) is 4.43. The zero-order chi connectivity index (χ0) is 14.9. The molecule has 1 aliphatic heterocycles. The van der Waals surface area contributed by atoms with Gasteiger partial charge in [-0.05, 0) is 31.5 Å². The average Bonchev–Trinajstić information content (AvgIpc) is 2.73. The van der Waals surface area contributed by atoms with E-state index in [4.69, 9.17) is 17.3 Å². The van der Waals surface area contributed by atoms with Crippen LogP contribution in [0.25, 0.3) is 0 Å². The molecule has 20 heavy (non-hydrogen) atoms. The van der Waals surface area contributed by atoms with Gasteiger partial charge in [0.25, 0.3) is 5.91 Å². The van der Waals surface area contributed by atoms with Crippen molar-refractivity contribution in [2.75, 3.05) is 23.8 Å². The predicted octanol–water partition coefficient (Wildman–Crippen LogP) is 1.57. The quantitative estimate of drug-likeness (QED) is 0.858. The Morgan fingerprint density at radius 3 is 2.75 bits per heavy atom. The molecule has 0 aliphatic carbocycles. The molecule has 0 saturated carbocycles. The van der Waals surface area contributed by atoms with E-state index in [9.17, 15) is 13.2 Å². The molecule has 1 unspecified atom stereocenters. The number of nitrogens with zero attached hydrogens (tertiary/aromatic N) is 1. The highest BCUT2D eigenvalue weighted by atomic mass is 35.5. The summed E-state index contributed by atoms with van der Waals surface area (Å²) in [5.41, 5.74) is 6.48. The van der Waals surface area contributed by atoms with Gasteiger partial charge in [-0.25, -0.2) is 8.42 Å². The van der Waals surface area contributed by atoms with Gasteiger partial charge < -0.3 is 10.6 Å².